The molecule has 0 radical (unpaired) electrons. The molecule has 0 amide bonds. The van der Waals surface area contributed by atoms with Gasteiger partial charge >= 0.3 is 0 Å². The molecule has 0 bridgehead atoms. The minimum absolute atomic E-state index is 0. The Morgan fingerprint density at radius 2 is 1.54 bits per heavy atom. The van der Waals surface area contributed by atoms with E-state index in [9.17, 15) is 0 Å². The van der Waals surface area contributed by atoms with Crippen molar-refractivity contribution < 1.29 is 0 Å². The molecular formula is C21H32IN5S. The number of hydrogen-bond acceptors (Lipinski definition) is 4. The lowest BCUT2D eigenvalue weighted by Crippen LogP contribution is -2.45. The minimum Gasteiger partial charge on any atom is -0.352 e. The summed E-state index contributed by atoms with van der Waals surface area (Å²) >= 11 is 1.72. The molecule has 1 saturated heterocycles. The molecule has 1 aliphatic rings. The first-order chi connectivity index (χ1) is 13.3. The molecule has 2 N–H and O–H groups in total. The molecule has 2 aromatic rings. The molecule has 7 heteroatoms. The van der Waals surface area contributed by atoms with Crippen molar-refractivity contribution in [3.63, 3.8) is 0 Å². The van der Waals surface area contributed by atoms with Crippen molar-refractivity contribution in [3.05, 3.63) is 57.8 Å². The quantitative estimate of drug-likeness (QED) is 0.339. The normalized spacial score (nSPS) is 15.9. The molecule has 154 valence electrons. The van der Waals surface area contributed by atoms with Gasteiger partial charge in [0, 0.05) is 52.9 Å². The molecule has 0 saturated carbocycles. The second-order valence-electron chi connectivity index (χ2n) is 6.94. The Bertz CT molecular complexity index is 694. The highest BCUT2D eigenvalue weighted by Crippen LogP contribution is 2.10. The first-order valence-electron chi connectivity index (χ1n) is 9.75. The van der Waals surface area contributed by atoms with Crippen LogP contribution in [0.4, 0.5) is 0 Å². The van der Waals surface area contributed by atoms with Gasteiger partial charge in [-0.05, 0) is 40.1 Å². The topological polar surface area (TPSA) is 42.9 Å². The molecule has 1 aromatic carbocycles. The van der Waals surface area contributed by atoms with Gasteiger partial charge in [-0.25, -0.2) is 0 Å². The number of likely N-dealkylation sites (N-methyl/N-ethyl adjacent to an activating group) is 1. The summed E-state index contributed by atoms with van der Waals surface area (Å²) < 4.78 is 0. The van der Waals surface area contributed by atoms with E-state index in [1.165, 1.54) is 49.4 Å². The first-order valence-corrected chi connectivity index (χ1v) is 10.7. The Hall–Kier alpha value is -1.16. The maximum absolute atomic E-state index is 4.30. The van der Waals surface area contributed by atoms with Crippen LogP contribution in [0.3, 0.4) is 0 Å². The van der Waals surface area contributed by atoms with Crippen LogP contribution in [0.5, 0.6) is 0 Å². The smallest absolute Gasteiger partial charge is 0.191 e. The summed E-state index contributed by atoms with van der Waals surface area (Å²) in [7, 11) is 1.81. The second-order valence-corrected chi connectivity index (χ2v) is 7.72. The number of halogens is 1. The van der Waals surface area contributed by atoms with E-state index >= 15 is 0 Å². The van der Waals surface area contributed by atoms with Crippen LogP contribution in [0.15, 0.2) is 46.1 Å². The van der Waals surface area contributed by atoms with E-state index in [0.717, 1.165) is 25.6 Å². The van der Waals surface area contributed by atoms with Crippen LogP contribution in [-0.2, 0) is 19.6 Å². The summed E-state index contributed by atoms with van der Waals surface area (Å²) in [5.41, 5.74) is 3.95. The molecule has 3 rings (SSSR count). The summed E-state index contributed by atoms with van der Waals surface area (Å²) in [6.45, 7) is 10.8. The van der Waals surface area contributed by atoms with Gasteiger partial charge in [-0.1, -0.05) is 31.2 Å². The van der Waals surface area contributed by atoms with Gasteiger partial charge in [0.05, 0.1) is 0 Å². The molecule has 2 heterocycles. The number of benzene rings is 1. The summed E-state index contributed by atoms with van der Waals surface area (Å²) in [5.74, 6) is 0.832. The van der Waals surface area contributed by atoms with Crippen molar-refractivity contribution in [2.45, 2.75) is 26.6 Å². The molecule has 0 spiro atoms. The van der Waals surface area contributed by atoms with Gasteiger partial charge in [0.1, 0.15) is 0 Å². The third kappa shape index (κ3) is 7.35. The van der Waals surface area contributed by atoms with Gasteiger partial charge in [-0.3, -0.25) is 9.89 Å². The highest BCUT2D eigenvalue weighted by molar-refractivity contribution is 14.0. The zero-order valence-electron chi connectivity index (χ0n) is 16.9. The van der Waals surface area contributed by atoms with Crippen molar-refractivity contribution in [2.24, 2.45) is 4.99 Å². The van der Waals surface area contributed by atoms with E-state index < -0.39 is 0 Å². The van der Waals surface area contributed by atoms with Gasteiger partial charge in [0.25, 0.3) is 0 Å². The third-order valence-electron chi connectivity index (χ3n) is 5.06. The first kappa shape index (κ1) is 23.1. The number of guanidine groups is 1. The number of hydrogen-bond donors (Lipinski definition) is 2. The van der Waals surface area contributed by atoms with Crippen LogP contribution in [0.1, 0.15) is 23.6 Å². The maximum atomic E-state index is 4.30. The summed E-state index contributed by atoms with van der Waals surface area (Å²) in [6.07, 6.45) is 0. The van der Waals surface area contributed by atoms with Crippen LogP contribution >= 0.6 is 35.3 Å². The molecule has 5 nitrogen and oxygen atoms in total. The Morgan fingerprint density at radius 1 is 0.929 bits per heavy atom. The average Bonchev–Trinajstić information content (AvgIpc) is 3.23. The number of nitrogens with one attached hydrogen (secondary N) is 2. The largest absolute Gasteiger partial charge is 0.352 e. The molecule has 0 atom stereocenters. The van der Waals surface area contributed by atoms with Crippen molar-refractivity contribution in [2.75, 3.05) is 39.8 Å². The van der Waals surface area contributed by atoms with Crippen LogP contribution in [0.25, 0.3) is 0 Å². The standard InChI is InChI=1S/C21H31N5S.HI/c1-3-25-9-11-26(12-10-25)16-19-6-4-18(5-7-19)14-23-21(22-2)24-15-20-8-13-27-17-20;/h4-8,13,17H,3,9-12,14-16H2,1-2H3,(H2,22,23,24);1H. The molecule has 0 unspecified atom stereocenters. The Kier molecular flexibility index (Phi) is 10.3. The van der Waals surface area contributed by atoms with Crippen LogP contribution in [0.2, 0.25) is 0 Å². The predicted octanol–water partition coefficient (Wildman–Crippen LogP) is 3.37. The predicted molar refractivity (Wildman–Crippen MR) is 131 cm³/mol. The van der Waals surface area contributed by atoms with Gasteiger partial charge in [0.2, 0.25) is 0 Å². The van der Waals surface area contributed by atoms with Crippen LogP contribution in [0, 0.1) is 0 Å². The van der Waals surface area contributed by atoms with E-state index in [0.29, 0.717) is 0 Å². The fraction of sp³-hybridized carbons (Fsp3) is 0.476. The lowest BCUT2D eigenvalue weighted by Gasteiger charge is -2.34. The number of thiophene rings is 1. The van der Waals surface area contributed by atoms with Crippen molar-refractivity contribution in [1.82, 2.24) is 20.4 Å². The molecule has 28 heavy (non-hydrogen) atoms. The summed E-state index contributed by atoms with van der Waals surface area (Å²) in [5, 5.41) is 11.0. The molecule has 1 aliphatic heterocycles. The van der Waals surface area contributed by atoms with Gasteiger partial charge < -0.3 is 15.5 Å². The van der Waals surface area contributed by atoms with Crippen molar-refractivity contribution in [3.8, 4) is 0 Å². The lowest BCUT2D eigenvalue weighted by molar-refractivity contribution is 0.132. The summed E-state index contributed by atoms with van der Waals surface area (Å²) in [4.78, 5) is 9.37. The Morgan fingerprint density at radius 3 is 2.11 bits per heavy atom. The highest BCUT2D eigenvalue weighted by atomic mass is 127. The zero-order valence-corrected chi connectivity index (χ0v) is 20.0. The van der Waals surface area contributed by atoms with Gasteiger partial charge in [-0.2, -0.15) is 11.3 Å². The second kappa shape index (κ2) is 12.4. The number of aliphatic imine (C=N–C) groups is 1. The minimum atomic E-state index is 0. The zero-order chi connectivity index (χ0) is 18.9. The SMILES string of the molecule is CCN1CCN(Cc2ccc(CNC(=NC)NCc3ccsc3)cc2)CC1.I. The van der Waals surface area contributed by atoms with E-state index in [1.54, 1.807) is 11.3 Å². The number of nitrogens with zero attached hydrogens (tertiary/aromatic N) is 3. The Labute approximate surface area is 190 Å². The fourth-order valence-electron chi connectivity index (χ4n) is 3.27. The monoisotopic (exact) mass is 513 g/mol. The van der Waals surface area contributed by atoms with Crippen molar-refractivity contribution >= 4 is 41.3 Å². The van der Waals surface area contributed by atoms with E-state index in [2.05, 4.69) is 73.4 Å². The average molecular weight is 513 g/mol. The molecular weight excluding hydrogens is 481 g/mol. The maximum Gasteiger partial charge on any atom is 0.191 e. The van der Waals surface area contributed by atoms with Gasteiger partial charge in [-0.15, -0.1) is 24.0 Å². The van der Waals surface area contributed by atoms with Gasteiger partial charge in [0.15, 0.2) is 5.96 Å². The van der Waals surface area contributed by atoms with Crippen LogP contribution < -0.4 is 10.6 Å². The van der Waals surface area contributed by atoms with E-state index in [1.807, 2.05) is 7.05 Å². The molecule has 1 fully saturated rings. The van der Waals surface area contributed by atoms with Crippen molar-refractivity contribution in [1.29, 1.82) is 0 Å². The highest BCUT2D eigenvalue weighted by Gasteiger charge is 2.15. The fourth-order valence-corrected chi connectivity index (χ4v) is 3.94. The number of rotatable bonds is 7. The third-order valence-corrected chi connectivity index (χ3v) is 5.80. The Balaban J connectivity index is 0.00000280. The van der Waals surface area contributed by atoms with Crippen LogP contribution in [-0.4, -0.2) is 55.5 Å². The summed E-state index contributed by atoms with van der Waals surface area (Å²) in [6, 6.07) is 11.1. The van der Waals surface area contributed by atoms with E-state index in [4.69, 9.17) is 0 Å². The molecule has 1 aromatic heterocycles. The molecule has 0 aliphatic carbocycles. The number of piperazine rings is 1. The lowest BCUT2D eigenvalue weighted by atomic mass is 10.1. The van der Waals surface area contributed by atoms with E-state index in [-0.39, 0.29) is 24.0 Å².